The van der Waals surface area contributed by atoms with Crippen LogP contribution in [0.3, 0.4) is 0 Å². The van der Waals surface area contributed by atoms with Crippen molar-refractivity contribution < 1.29 is 4.79 Å². The van der Waals surface area contributed by atoms with Gasteiger partial charge in [-0.05, 0) is 60.7 Å². The number of hydrogen-bond acceptors (Lipinski definition) is 3. The van der Waals surface area contributed by atoms with E-state index in [1.807, 2.05) is 48.4 Å². The summed E-state index contributed by atoms with van der Waals surface area (Å²) in [5.74, 6) is 0.405. The lowest BCUT2D eigenvalue weighted by atomic mass is 9.89. The summed E-state index contributed by atoms with van der Waals surface area (Å²) in [5.41, 5.74) is 7.91. The molecule has 1 aliphatic rings. The number of benzene rings is 2. The lowest BCUT2D eigenvalue weighted by Crippen LogP contribution is -2.48. The number of carbonyl (C=O) groups excluding carboxylic acids is 1. The van der Waals surface area contributed by atoms with Gasteiger partial charge in [0.1, 0.15) is 0 Å². The fourth-order valence-corrected chi connectivity index (χ4v) is 4.02. The van der Waals surface area contributed by atoms with E-state index in [4.69, 9.17) is 5.26 Å². The summed E-state index contributed by atoms with van der Waals surface area (Å²) >= 11 is 0. The number of hydrogen-bond donors (Lipinski definition) is 1. The van der Waals surface area contributed by atoms with Crippen LogP contribution in [0.2, 0.25) is 0 Å². The molecular formula is C24H24N4O. The van der Waals surface area contributed by atoms with Gasteiger partial charge >= 0.3 is 0 Å². The van der Waals surface area contributed by atoms with Gasteiger partial charge in [-0.1, -0.05) is 25.1 Å². The second-order valence-electron chi connectivity index (χ2n) is 7.75. The zero-order chi connectivity index (χ0) is 20.5. The highest BCUT2D eigenvalue weighted by Crippen LogP contribution is 2.32. The summed E-state index contributed by atoms with van der Waals surface area (Å²) in [4.78, 5) is 15.1. The monoisotopic (exact) mass is 384 g/mol. The second kappa shape index (κ2) is 7.56. The number of nitriles is 1. The molecule has 0 saturated carbocycles. The number of H-pyrrole nitrogens is 1. The van der Waals surface area contributed by atoms with Crippen LogP contribution >= 0.6 is 0 Å². The molecule has 146 valence electrons. The van der Waals surface area contributed by atoms with Crippen LogP contribution in [0.15, 0.2) is 42.6 Å². The molecule has 0 radical (unpaired) electrons. The molecule has 0 spiro atoms. The van der Waals surface area contributed by atoms with Gasteiger partial charge in [0.2, 0.25) is 0 Å². The number of likely N-dealkylation sites (tertiary alicyclic amines) is 1. The van der Waals surface area contributed by atoms with Crippen LogP contribution in [0.4, 0.5) is 0 Å². The van der Waals surface area contributed by atoms with Gasteiger partial charge in [-0.2, -0.15) is 10.4 Å². The zero-order valence-corrected chi connectivity index (χ0v) is 17.0. The molecule has 0 bridgehead atoms. The molecule has 0 aliphatic carbocycles. The highest BCUT2D eigenvalue weighted by molar-refractivity contribution is 5.98. The van der Waals surface area contributed by atoms with Gasteiger partial charge in [0, 0.05) is 30.1 Å². The van der Waals surface area contributed by atoms with Crippen LogP contribution in [0, 0.1) is 25.2 Å². The summed E-state index contributed by atoms with van der Waals surface area (Å²) in [6.07, 6.45) is 2.74. The Labute approximate surface area is 171 Å². The van der Waals surface area contributed by atoms with Gasteiger partial charge in [0.05, 0.1) is 23.5 Å². The normalized spacial score (nSPS) is 13.8. The Kier molecular flexibility index (Phi) is 4.94. The minimum atomic E-state index is 0.0752. The Hall–Kier alpha value is -3.39. The largest absolute Gasteiger partial charge is 0.337 e. The Morgan fingerprint density at radius 1 is 1.21 bits per heavy atom. The maximum atomic E-state index is 13.2. The van der Waals surface area contributed by atoms with Crippen LogP contribution in [-0.4, -0.2) is 34.1 Å². The Balaban J connectivity index is 1.55. The third kappa shape index (κ3) is 3.42. The third-order valence-electron chi connectivity index (χ3n) is 5.85. The minimum absolute atomic E-state index is 0.0752. The fourth-order valence-electron chi connectivity index (χ4n) is 4.02. The van der Waals surface area contributed by atoms with E-state index >= 15 is 0 Å². The van der Waals surface area contributed by atoms with E-state index in [9.17, 15) is 4.79 Å². The highest BCUT2D eigenvalue weighted by Gasteiger charge is 2.33. The second-order valence-corrected chi connectivity index (χ2v) is 7.75. The molecule has 5 nitrogen and oxygen atoms in total. The van der Waals surface area contributed by atoms with Crippen molar-refractivity contribution in [3.63, 3.8) is 0 Å². The zero-order valence-electron chi connectivity index (χ0n) is 17.0. The van der Waals surface area contributed by atoms with E-state index in [1.165, 1.54) is 5.56 Å². The number of aryl methyl sites for hydroxylation is 3. The molecule has 29 heavy (non-hydrogen) atoms. The Morgan fingerprint density at radius 3 is 2.59 bits per heavy atom. The predicted molar refractivity (Wildman–Crippen MR) is 113 cm³/mol. The molecule has 0 unspecified atom stereocenters. The van der Waals surface area contributed by atoms with Gasteiger partial charge in [0.25, 0.3) is 5.91 Å². The maximum absolute atomic E-state index is 13.2. The molecule has 1 aromatic heterocycles. The first-order chi connectivity index (χ1) is 14.0. The van der Waals surface area contributed by atoms with E-state index in [0.717, 1.165) is 39.9 Å². The number of amides is 1. The van der Waals surface area contributed by atoms with Crippen molar-refractivity contribution in [3.05, 3.63) is 76.0 Å². The minimum Gasteiger partial charge on any atom is -0.337 e. The lowest BCUT2D eigenvalue weighted by Gasteiger charge is -2.40. The van der Waals surface area contributed by atoms with Crippen LogP contribution in [-0.2, 0) is 6.42 Å². The average molecular weight is 384 g/mol. The molecular weight excluding hydrogens is 360 g/mol. The molecule has 1 N–H and O–H groups in total. The number of nitrogens with one attached hydrogen (secondary N) is 1. The van der Waals surface area contributed by atoms with Crippen LogP contribution in [0.25, 0.3) is 11.3 Å². The fraction of sp³-hybridized carbons (Fsp3) is 0.292. The van der Waals surface area contributed by atoms with Gasteiger partial charge in [-0.3, -0.25) is 9.89 Å². The first kappa shape index (κ1) is 18.9. The van der Waals surface area contributed by atoms with Gasteiger partial charge in [-0.25, -0.2) is 0 Å². The summed E-state index contributed by atoms with van der Waals surface area (Å²) in [6, 6.07) is 13.9. The summed E-state index contributed by atoms with van der Waals surface area (Å²) in [7, 11) is 0. The molecule has 2 heterocycles. The highest BCUT2D eigenvalue weighted by atomic mass is 16.2. The van der Waals surface area contributed by atoms with E-state index < -0.39 is 0 Å². The van der Waals surface area contributed by atoms with Gasteiger partial charge in [-0.15, -0.1) is 0 Å². The first-order valence-electron chi connectivity index (χ1n) is 9.95. The van der Waals surface area contributed by atoms with Crippen LogP contribution in [0.1, 0.15) is 51.0 Å². The van der Waals surface area contributed by atoms with Crippen molar-refractivity contribution >= 4 is 5.91 Å². The number of rotatable bonds is 4. The van der Waals surface area contributed by atoms with Crippen molar-refractivity contribution in [2.75, 3.05) is 13.1 Å². The molecule has 1 amide bonds. The average Bonchev–Trinajstić information content (AvgIpc) is 3.16. The molecule has 0 atom stereocenters. The molecule has 1 saturated heterocycles. The topological polar surface area (TPSA) is 72.8 Å². The van der Waals surface area contributed by atoms with Gasteiger partial charge < -0.3 is 4.90 Å². The summed E-state index contributed by atoms with van der Waals surface area (Å²) < 4.78 is 0. The number of nitrogens with zero attached hydrogens (tertiary/aromatic N) is 3. The lowest BCUT2D eigenvalue weighted by molar-refractivity contribution is 0.0601. The first-order valence-corrected chi connectivity index (χ1v) is 9.95. The number of aromatic amines is 1. The molecule has 1 aliphatic heterocycles. The molecule has 2 aromatic carbocycles. The van der Waals surface area contributed by atoms with E-state index in [-0.39, 0.29) is 5.91 Å². The van der Waals surface area contributed by atoms with Crippen LogP contribution < -0.4 is 0 Å². The molecule has 4 rings (SSSR count). The SMILES string of the molecule is CCc1cn[nH]c1-c1cc(C(=O)N2CC(c3ccc(C#N)cc3)C2)c(C)cc1C. The van der Waals surface area contributed by atoms with Crippen molar-refractivity contribution in [1.29, 1.82) is 5.26 Å². The number of aromatic nitrogens is 2. The van der Waals surface area contributed by atoms with Crippen molar-refractivity contribution in [2.45, 2.75) is 33.1 Å². The van der Waals surface area contributed by atoms with E-state index in [2.05, 4.69) is 36.2 Å². The quantitative estimate of drug-likeness (QED) is 0.726. The molecule has 1 fully saturated rings. The van der Waals surface area contributed by atoms with Crippen LogP contribution in [0.5, 0.6) is 0 Å². The summed E-state index contributed by atoms with van der Waals surface area (Å²) in [6.45, 7) is 7.58. The van der Waals surface area contributed by atoms with Gasteiger partial charge in [0.15, 0.2) is 0 Å². The predicted octanol–water partition coefficient (Wildman–Crippen LogP) is 4.37. The Morgan fingerprint density at radius 2 is 1.93 bits per heavy atom. The maximum Gasteiger partial charge on any atom is 0.254 e. The standard InChI is InChI=1S/C24H24N4O/c1-4-18-12-26-27-23(18)21-10-22(16(3)9-15(21)2)24(29)28-13-20(14-28)19-7-5-17(11-25)6-8-19/h5-10,12,20H,4,13-14H2,1-3H3,(H,26,27). The number of carbonyl (C=O) groups is 1. The van der Waals surface area contributed by atoms with Crippen molar-refractivity contribution in [2.24, 2.45) is 0 Å². The van der Waals surface area contributed by atoms with Crippen molar-refractivity contribution in [3.8, 4) is 17.3 Å². The Bertz CT molecular complexity index is 1100. The summed E-state index contributed by atoms with van der Waals surface area (Å²) in [5, 5.41) is 16.2. The smallest absolute Gasteiger partial charge is 0.254 e. The third-order valence-corrected chi connectivity index (χ3v) is 5.85. The molecule has 3 aromatic rings. The molecule has 5 heteroatoms. The van der Waals surface area contributed by atoms with E-state index in [1.54, 1.807) is 0 Å². The van der Waals surface area contributed by atoms with Crippen molar-refractivity contribution in [1.82, 2.24) is 15.1 Å². The van der Waals surface area contributed by atoms with E-state index in [0.29, 0.717) is 24.6 Å².